The Morgan fingerprint density at radius 2 is 1.50 bits per heavy atom. The summed E-state index contributed by atoms with van der Waals surface area (Å²) < 4.78 is 40.4. The molecule has 0 heterocycles. The van der Waals surface area contributed by atoms with E-state index in [2.05, 4.69) is 5.32 Å². The standard InChI is InChI=1S/C34H45N3O6S/c1-9-26(6)35-34(39)30(10-2)36(21-27-13-11-12-23(3)17-27)33(38)22-37(28-18-24(4)16-25(5)19-28)44(40,41)29-14-15-31(42-7)32(20-29)43-8/h11-20,26,30H,9-10,21-22H2,1-8H3,(H,35,39)/t26-,30+/m1/s1. The maximum absolute atomic E-state index is 14.3. The van der Waals surface area contributed by atoms with Gasteiger partial charge in [-0.1, -0.05) is 49.7 Å². The second kappa shape index (κ2) is 15.1. The molecule has 238 valence electrons. The molecule has 0 bridgehead atoms. The van der Waals surface area contributed by atoms with Crippen LogP contribution in [-0.2, 0) is 26.2 Å². The number of amides is 2. The van der Waals surface area contributed by atoms with Gasteiger partial charge in [0.15, 0.2) is 11.5 Å². The Morgan fingerprint density at radius 3 is 2.07 bits per heavy atom. The molecule has 0 aromatic heterocycles. The number of hydrogen-bond donors (Lipinski definition) is 1. The SMILES string of the molecule is CC[C@@H](C)NC(=O)[C@H](CC)N(Cc1cccc(C)c1)C(=O)CN(c1cc(C)cc(C)c1)S(=O)(=O)c1ccc(OC)c(OC)c1. The van der Waals surface area contributed by atoms with Crippen molar-refractivity contribution < 1.29 is 27.5 Å². The lowest BCUT2D eigenvalue weighted by atomic mass is 10.1. The Balaban J connectivity index is 2.14. The topological polar surface area (TPSA) is 105 Å². The minimum atomic E-state index is -4.28. The summed E-state index contributed by atoms with van der Waals surface area (Å²) in [6.07, 6.45) is 1.09. The molecule has 0 saturated carbocycles. The summed E-state index contributed by atoms with van der Waals surface area (Å²) >= 11 is 0. The van der Waals surface area contributed by atoms with Crippen LogP contribution in [0.1, 0.15) is 55.9 Å². The van der Waals surface area contributed by atoms with Crippen molar-refractivity contribution in [1.29, 1.82) is 0 Å². The zero-order valence-corrected chi connectivity index (χ0v) is 27.8. The van der Waals surface area contributed by atoms with Crippen molar-refractivity contribution in [2.75, 3.05) is 25.1 Å². The summed E-state index contributed by atoms with van der Waals surface area (Å²) in [6, 6.07) is 16.6. The first-order chi connectivity index (χ1) is 20.8. The molecule has 0 fully saturated rings. The molecule has 2 amide bonds. The van der Waals surface area contributed by atoms with Gasteiger partial charge in [-0.3, -0.25) is 13.9 Å². The highest BCUT2D eigenvalue weighted by Crippen LogP contribution is 2.33. The molecule has 44 heavy (non-hydrogen) atoms. The van der Waals surface area contributed by atoms with Crippen molar-refractivity contribution >= 4 is 27.5 Å². The number of anilines is 1. The van der Waals surface area contributed by atoms with Crippen molar-refractivity contribution in [2.24, 2.45) is 0 Å². The zero-order valence-electron chi connectivity index (χ0n) is 27.0. The molecule has 0 unspecified atom stereocenters. The second-order valence-electron chi connectivity index (χ2n) is 11.1. The first-order valence-corrected chi connectivity index (χ1v) is 16.3. The lowest BCUT2D eigenvalue weighted by molar-refractivity contribution is -0.140. The van der Waals surface area contributed by atoms with Gasteiger partial charge in [-0.25, -0.2) is 8.42 Å². The van der Waals surface area contributed by atoms with E-state index in [9.17, 15) is 18.0 Å². The van der Waals surface area contributed by atoms with Crippen LogP contribution < -0.4 is 19.1 Å². The molecule has 0 aliphatic rings. The maximum Gasteiger partial charge on any atom is 0.264 e. The highest BCUT2D eigenvalue weighted by molar-refractivity contribution is 7.92. The Morgan fingerprint density at radius 1 is 0.841 bits per heavy atom. The number of methoxy groups -OCH3 is 2. The van der Waals surface area contributed by atoms with Gasteiger partial charge < -0.3 is 19.7 Å². The number of carbonyl (C=O) groups excluding carboxylic acids is 2. The second-order valence-corrected chi connectivity index (χ2v) is 13.0. The van der Waals surface area contributed by atoms with E-state index in [1.54, 1.807) is 12.1 Å². The Bertz CT molecular complexity index is 1550. The van der Waals surface area contributed by atoms with E-state index < -0.39 is 28.5 Å². The van der Waals surface area contributed by atoms with Gasteiger partial charge in [0.2, 0.25) is 11.8 Å². The fourth-order valence-electron chi connectivity index (χ4n) is 5.10. The van der Waals surface area contributed by atoms with Crippen LogP contribution in [0.5, 0.6) is 11.5 Å². The normalized spacial score (nSPS) is 12.6. The predicted octanol–water partition coefficient (Wildman–Crippen LogP) is 5.55. The van der Waals surface area contributed by atoms with Gasteiger partial charge >= 0.3 is 0 Å². The highest BCUT2D eigenvalue weighted by Gasteiger charge is 2.34. The molecule has 0 radical (unpaired) electrons. The number of carbonyl (C=O) groups is 2. The maximum atomic E-state index is 14.3. The first-order valence-electron chi connectivity index (χ1n) is 14.8. The molecule has 10 heteroatoms. The molecule has 3 aromatic carbocycles. The number of hydrogen-bond acceptors (Lipinski definition) is 6. The average Bonchev–Trinajstić information content (AvgIpc) is 2.98. The van der Waals surface area contributed by atoms with Crippen LogP contribution in [0.2, 0.25) is 0 Å². The number of nitrogens with one attached hydrogen (secondary N) is 1. The van der Waals surface area contributed by atoms with E-state index in [-0.39, 0.29) is 29.1 Å². The van der Waals surface area contributed by atoms with E-state index >= 15 is 0 Å². The third-order valence-electron chi connectivity index (χ3n) is 7.54. The Kier molecular flexibility index (Phi) is 11.8. The van der Waals surface area contributed by atoms with Gasteiger partial charge in [-0.2, -0.15) is 0 Å². The van der Waals surface area contributed by atoms with Crippen molar-refractivity contribution in [1.82, 2.24) is 10.2 Å². The summed E-state index contributed by atoms with van der Waals surface area (Å²) in [6.45, 7) is 11.1. The fourth-order valence-corrected chi connectivity index (χ4v) is 6.51. The number of ether oxygens (including phenoxy) is 2. The van der Waals surface area contributed by atoms with Gasteiger partial charge in [0.25, 0.3) is 10.0 Å². The van der Waals surface area contributed by atoms with Crippen molar-refractivity contribution in [3.63, 3.8) is 0 Å². The molecular weight excluding hydrogens is 578 g/mol. The minimum Gasteiger partial charge on any atom is -0.493 e. The molecule has 0 spiro atoms. The van der Waals surface area contributed by atoms with E-state index in [1.165, 1.54) is 37.3 Å². The molecule has 1 N–H and O–H groups in total. The van der Waals surface area contributed by atoms with Crippen molar-refractivity contribution in [3.05, 3.63) is 82.9 Å². The van der Waals surface area contributed by atoms with Crippen LogP contribution in [0, 0.1) is 20.8 Å². The van der Waals surface area contributed by atoms with Gasteiger partial charge in [0, 0.05) is 18.7 Å². The van der Waals surface area contributed by atoms with E-state index in [4.69, 9.17) is 9.47 Å². The molecule has 9 nitrogen and oxygen atoms in total. The molecule has 3 rings (SSSR count). The molecule has 0 saturated heterocycles. The van der Waals surface area contributed by atoms with Crippen LogP contribution in [-0.4, -0.2) is 58.0 Å². The van der Waals surface area contributed by atoms with Gasteiger partial charge in [0.05, 0.1) is 24.8 Å². The largest absolute Gasteiger partial charge is 0.493 e. The fraction of sp³-hybridized carbons (Fsp3) is 0.412. The lowest BCUT2D eigenvalue weighted by Crippen LogP contribution is -2.53. The summed E-state index contributed by atoms with van der Waals surface area (Å²) in [7, 11) is -1.38. The quantitative estimate of drug-likeness (QED) is 0.253. The Hall–Kier alpha value is -4.05. The minimum absolute atomic E-state index is 0.0612. The highest BCUT2D eigenvalue weighted by atomic mass is 32.2. The summed E-state index contributed by atoms with van der Waals surface area (Å²) in [5, 5.41) is 3.00. The average molecular weight is 624 g/mol. The molecular formula is C34H45N3O6S. The summed E-state index contributed by atoms with van der Waals surface area (Å²) in [5.41, 5.74) is 3.89. The van der Waals surface area contributed by atoms with Crippen LogP contribution in [0.3, 0.4) is 0 Å². The van der Waals surface area contributed by atoms with Crippen LogP contribution >= 0.6 is 0 Å². The van der Waals surface area contributed by atoms with Crippen LogP contribution in [0.4, 0.5) is 5.69 Å². The first kappa shape index (κ1) is 34.4. The number of nitrogens with zero attached hydrogens (tertiary/aromatic N) is 2. The summed E-state index contributed by atoms with van der Waals surface area (Å²) in [5.74, 6) is -0.151. The monoisotopic (exact) mass is 623 g/mol. The Labute approximate surface area is 262 Å². The van der Waals surface area contributed by atoms with Crippen LogP contribution in [0.15, 0.2) is 65.6 Å². The molecule has 3 aromatic rings. The van der Waals surface area contributed by atoms with Gasteiger partial charge in [-0.15, -0.1) is 0 Å². The molecule has 0 aliphatic carbocycles. The van der Waals surface area contributed by atoms with Crippen molar-refractivity contribution in [2.45, 2.75) is 77.9 Å². The molecule has 2 atom stereocenters. The van der Waals surface area contributed by atoms with E-state index in [0.717, 1.165) is 33.0 Å². The molecule has 0 aliphatic heterocycles. The zero-order chi connectivity index (χ0) is 32.6. The lowest BCUT2D eigenvalue weighted by Gasteiger charge is -2.34. The van der Waals surface area contributed by atoms with Gasteiger partial charge in [-0.05, 0) is 81.5 Å². The van der Waals surface area contributed by atoms with Crippen LogP contribution in [0.25, 0.3) is 0 Å². The van der Waals surface area contributed by atoms with E-state index in [0.29, 0.717) is 17.9 Å². The van der Waals surface area contributed by atoms with Gasteiger partial charge in [0.1, 0.15) is 12.6 Å². The number of aryl methyl sites for hydroxylation is 3. The third-order valence-corrected chi connectivity index (χ3v) is 9.31. The van der Waals surface area contributed by atoms with Crippen molar-refractivity contribution in [3.8, 4) is 11.5 Å². The predicted molar refractivity (Wildman–Crippen MR) is 174 cm³/mol. The third kappa shape index (κ3) is 8.31. The number of rotatable bonds is 14. The number of sulfonamides is 1. The smallest absolute Gasteiger partial charge is 0.264 e. The summed E-state index contributed by atoms with van der Waals surface area (Å²) in [4.78, 5) is 29.3. The number of benzene rings is 3. The van der Waals surface area contributed by atoms with E-state index in [1.807, 2.05) is 71.9 Å².